The molecule has 0 aromatic carbocycles. The van der Waals surface area contributed by atoms with Gasteiger partial charge in [-0.2, -0.15) is 0 Å². The van der Waals surface area contributed by atoms with Gasteiger partial charge >= 0.3 is 71.1 Å². The first-order valence-corrected chi connectivity index (χ1v) is 13.2. The van der Waals surface area contributed by atoms with E-state index in [-0.39, 0.29) is 65.5 Å². The number of rotatable bonds is 15. The maximum Gasteiger partial charge on any atom is 1.00 e. The summed E-state index contributed by atoms with van der Waals surface area (Å²) in [6, 6.07) is 0. The van der Waals surface area contributed by atoms with Crippen LogP contribution in [0.5, 0.6) is 0 Å². The predicted molar refractivity (Wildman–Crippen MR) is 134 cm³/mol. The number of esters is 2. The van der Waals surface area contributed by atoms with Crippen molar-refractivity contribution >= 4 is 19.8 Å². The normalized spacial score (nSPS) is 9.33. The third-order valence-electron chi connectivity index (χ3n) is 4.20. The summed E-state index contributed by atoms with van der Waals surface area (Å²) < 4.78 is 24.9. The monoisotopic (exact) mass is 570 g/mol. The molecule has 0 rings (SSSR count). The Morgan fingerprint density at radius 2 is 1.23 bits per heavy atom. The quantitative estimate of drug-likeness (QED) is 0.0486. The van der Waals surface area contributed by atoms with Crippen LogP contribution in [0.25, 0.3) is 0 Å². The Balaban J connectivity index is -0.00000648. The Hall–Kier alpha value is -1.59. The fourth-order valence-electron chi connectivity index (χ4n) is 2.54. The Labute approximate surface area is 276 Å². The zero-order valence-electron chi connectivity index (χ0n) is 23.1. The molecule has 0 spiro atoms. The van der Waals surface area contributed by atoms with Gasteiger partial charge < -0.3 is 28.3 Å². The van der Waals surface area contributed by atoms with Crippen molar-refractivity contribution in [1.29, 1.82) is 0 Å². The van der Waals surface area contributed by atoms with E-state index in [9.17, 15) is 23.9 Å². The molecule has 0 aromatic heterocycles. The molecule has 0 saturated carbocycles. The molecule has 0 aliphatic rings. The minimum atomic E-state index is -5.31. The van der Waals surface area contributed by atoms with Crippen LogP contribution in [0.3, 0.4) is 0 Å². The minimum Gasteiger partial charge on any atom is -0.790 e. The minimum absolute atomic E-state index is 0. The van der Waals surface area contributed by atoms with Crippen molar-refractivity contribution in [1.82, 2.24) is 0 Å². The summed E-state index contributed by atoms with van der Waals surface area (Å²) in [7, 11) is -5.31. The summed E-state index contributed by atoms with van der Waals surface area (Å²) in [5.74, 6) is 27.0. The van der Waals surface area contributed by atoms with Gasteiger partial charge in [0.2, 0.25) is 0 Å². The van der Waals surface area contributed by atoms with Crippen LogP contribution in [0.1, 0.15) is 71.6 Å². The number of hydrogen-bond acceptors (Lipinski definition) is 8. The molecule has 196 valence electrons. The molecule has 0 N–H and O–H groups in total. The molecule has 0 heterocycles. The first-order chi connectivity index (χ1) is 17.8. The van der Waals surface area contributed by atoms with E-state index in [0.29, 0.717) is 6.42 Å². The van der Waals surface area contributed by atoms with Crippen LogP contribution in [-0.2, 0) is 28.2 Å². The molecular formula is C28H29Na2O8P. The van der Waals surface area contributed by atoms with Gasteiger partial charge in [-0.3, -0.25) is 4.79 Å². The van der Waals surface area contributed by atoms with E-state index in [1.54, 1.807) is 6.92 Å². The van der Waals surface area contributed by atoms with E-state index in [1.807, 2.05) is 0 Å². The van der Waals surface area contributed by atoms with Crippen LogP contribution in [0.15, 0.2) is 0 Å². The van der Waals surface area contributed by atoms with Crippen molar-refractivity contribution in [2.45, 2.75) is 77.7 Å². The molecule has 0 aliphatic heterocycles. The second-order valence-corrected chi connectivity index (χ2v) is 8.46. The van der Waals surface area contributed by atoms with Gasteiger partial charge in [0.25, 0.3) is 0 Å². The van der Waals surface area contributed by atoms with E-state index in [4.69, 9.17) is 9.47 Å². The van der Waals surface area contributed by atoms with Crippen molar-refractivity contribution in [3.05, 3.63) is 0 Å². The van der Waals surface area contributed by atoms with Crippen molar-refractivity contribution in [3.63, 3.8) is 0 Å². The Kier molecular flexibility index (Phi) is 31.6. The van der Waals surface area contributed by atoms with Gasteiger partial charge in [-0.05, 0) is 72.5 Å². The SMILES string of the molecule is CC#CC#CC#CC#CC#CC#CC(=O)OC[C@@H](COP(=O)([O-])[O-])OC(=O)CCCCCCCCCC.[Na+].[Na+]. The van der Waals surface area contributed by atoms with Crippen LogP contribution in [0, 0.1) is 71.0 Å². The standard InChI is InChI=1S/C28H31O8P.2Na/c1-3-5-7-9-11-13-14-15-17-18-20-22-27(29)34-24-26(25-35-37(31,32)33)36-28(30)23-21-19-16-12-10-8-6-4-2;;/h26H,4,6,8,10,12,16,19,21,23-25H2,1-2H3,(H2,31,32,33);;/q;2*+1/p-2/t26-;;/m0../s1. The van der Waals surface area contributed by atoms with Crippen molar-refractivity contribution in [2.24, 2.45) is 0 Å². The van der Waals surface area contributed by atoms with Crippen molar-refractivity contribution < 1.29 is 97.1 Å². The zero-order valence-corrected chi connectivity index (χ0v) is 28.0. The number of carbonyl (C=O) groups is 2. The van der Waals surface area contributed by atoms with Crippen molar-refractivity contribution in [2.75, 3.05) is 13.2 Å². The number of unbranched alkanes of at least 4 members (excludes halogenated alkanes) is 7. The number of phosphoric acid groups is 1. The first kappa shape index (κ1) is 41.9. The Morgan fingerprint density at radius 3 is 1.74 bits per heavy atom. The molecule has 39 heavy (non-hydrogen) atoms. The summed E-state index contributed by atoms with van der Waals surface area (Å²) in [6.45, 7) is 2.47. The number of ether oxygens (including phenoxy) is 2. The van der Waals surface area contributed by atoms with Crippen LogP contribution < -0.4 is 68.9 Å². The van der Waals surface area contributed by atoms with Crippen molar-refractivity contribution in [3.8, 4) is 71.0 Å². The maximum atomic E-state index is 12.1. The van der Waals surface area contributed by atoms with Crippen LogP contribution in [0.4, 0.5) is 0 Å². The van der Waals surface area contributed by atoms with Gasteiger partial charge in [0.15, 0.2) is 6.10 Å². The third-order valence-corrected chi connectivity index (χ3v) is 4.67. The Bertz CT molecular complexity index is 1160. The average molecular weight is 570 g/mol. The first-order valence-electron chi connectivity index (χ1n) is 11.7. The van der Waals surface area contributed by atoms with Crippen LogP contribution in [0.2, 0.25) is 0 Å². The second-order valence-electron chi connectivity index (χ2n) is 7.30. The molecule has 1 atom stereocenters. The summed E-state index contributed by atoms with van der Waals surface area (Å²) in [6.07, 6.45) is 7.13. The largest absolute Gasteiger partial charge is 1.00 e. The van der Waals surface area contributed by atoms with E-state index in [0.717, 1.165) is 25.7 Å². The molecule has 11 heteroatoms. The van der Waals surface area contributed by atoms with Gasteiger partial charge in [-0.15, -0.1) is 0 Å². The average Bonchev–Trinajstić information content (AvgIpc) is 2.85. The molecule has 0 radical (unpaired) electrons. The summed E-state index contributed by atoms with van der Waals surface area (Å²) >= 11 is 0. The predicted octanol–water partition coefficient (Wildman–Crippen LogP) is -4.13. The molecule has 0 unspecified atom stereocenters. The van der Waals surface area contributed by atoms with Gasteiger partial charge in [-0.25, -0.2) is 4.79 Å². The van der Waals surface area contributed by atoms with Gasteiger partial charge in [0.1, 0.15) is 6.61 Å². The molecule has 0 fully saturated rings. The fourth-order valence-corrected chi connectivity index (χ4v) is 2.89. The molecule has 0 aromatic rings. The van der Waals surface area contributed by atoms with Crippen LogP contribution in [-0.4, -0.2) is 31.3 Å². The number of carbonyl (C=O) groups excluding carboxylic acids is 2. The van der Waals surface area contributed by atoms with E-state index in [2.05, 4.69) is 82.5 Å². The smallest absolute Gasteiger partial charge is 0.790 e. The molecule has 8 nitrogen and oxygen atoms in total. The fraction of sp³-hybridized carbons (Fsp3) is 0.500. The number of hydrogen-bond donors (Lipinski definition) is 0. The molecule has 0 aliphatic carbocycles. The second kappa shape index (κ2) is 29.4. The topological polar surface area (TPSA) is 125 Å². The van der Waals surface area contributed by atoms with E-state index >= 15 is 0 Å². The van der Waals surface area contributed by atoms with E-state index in [1.165, 1.54) is 19.3 Å². The summed E-state index contributed by atoms with van der Waals surface area (Å²) in [5.41, 5.74) is 0. The van der Waals surface area contributed by atoms with Gasteiger partial charge in [0, 0.05) is 12.3 Å². The van der Waals surface area contributed by atoms with Gasteiger partial charge in [0.05, 0.1) is 14.4 Å². The molecule has 0 saturated heterocycles. The third kappa shape index (κ3) is 32.5. The zero-order chi connectivity index (χ0) is 27.6. The molecule has 0 amide bonds. The molecule has 0 bridgehead atoms. The summed E-state index contributed by atoms with van der Waals surface area (Å²) in [5, 5.41) is 0. The summed E-state index contributed by atoms with van der Waals surface area (Å²) in [4.78, 5) is 45.3. The Morgan fingerprint density at radius 1 is 0.744 bits per heavy atom. The van der Waals surface area contributed by atoms with Gasteiger partial charge in [-0.1, -0.05) is 57.8 Å². The van der Waals surface area contributed by atoms with Crippen LogP contribution >= 0.6 is 7.82 Å². The maximum absolute atomic E-state index is 12.1. The number of phosphoric ester groups is 1. The molecular weight excluding hydrogens is 541 g/mol. The van der Waals surface area contributed by atoms with E-state index < -0.39 is 39.1 Å².